The summed E-state index contributed by atoms with van der Waals surface area (Å²) in [5.41, 5.74) is 0.832. The fourth-order valence-corrected chi connectivity index (χ4v) is 2.79. The Labute approximate surface area is 151 Å². The van der Waals surface area contributed by atoms with Crippen LogP contribution in [-0.2, 0) is 11.3 Å². The van der Waals surface area contributed by atoms with Gasteiger partial charge in [0.1, 0.15) is 17.6 Å². The van der Waals surface area contributed by atoms with Crippen molar-refractivity contribution in [3.05, 3.63) is 59.9 Å². The van der Waals surface area contributed by atoms with Crippen molar-refractivity contribution in [1.82, 2.24) is 4.90 Å². The molecular formula is C18H14F4N2O3. The number of rotatable bonds is 4. The van der Waals surface area contributed by atoms with Crippen LogP contribution >= 0.6 is 0 Å². The van der Waals surface area contributed by atoms with E-state index in [1.807, 2.05) is 0 Å². The Morgan fingerprint density at radius 2 is 1.59 bits per heavy atom. The lowest BCUT2D eigenvalue weighted by Crippen LogP contribution is -2.33. The summed E-state index contributed by atoms with van der Waals surface area (Å²) < 4.78 is 53.5. The molecule has 0 bridgehead atoms. The van der Waals surface area contributed by atoms with Crippen LogP contribution in [0, 0.1) is 5.82 Å². The summed E-state index contributed by atoms with van der Waals surface area (Å²) in [6.45, 7) is 1.44. The monoisotopic (exact) mass is 382 g/mol. The zero-order valence-corrected chi connectivity index (χ0v) is 14.0. The smallest absolute Gasteiger partial charge is 0.406 e. The molecule has 1 heterocycles. The van der Waals surface area contributed by atoms with Crippen LogP contribution < -0.4 is 9.64 Å². The highest BCUT2D eigenvalue weighted by atomic mass is 19.4. The first kappa shape index (κ1) is 18.7. The Morgan fingerprint density at radius 1 is 1.00 bits per heavy atom. The molecule has 0 radical (unpaired) electrons. The van der Waals surface area contributed by atoms with E-state index in [2.05, 4.69) is 4.74 Å². The van der Waals surface area contributed by atoms with Crippen molar-refractivity contribution in [3.63, 3.8) is 0 Å². The van der Waals surface area contributed by atoms with E-state index in [4.69, 9.17) is 0 Å². The van der Waals surface area contributed by atoms with Gasteiger partial charge in [-0.15, -0.1) is 13.2 Å². The summed E-state index contributed by atoms with van der Waals surface area (Å²) in [6, 6.07) is 8.67. The van der Waals surface area contributed by atoms with Crippen molar-refractivity contribution in [1.29, 1.82) is 0 Å². The van der Waals surface area contributed by atoms with Crippen LogP contribution in [0.15, 0.2) is 48.5 Å². The largest absolute Gasteiger partial charge is 0.573 e. The van der Waals surface area contributed by atoms with E-state index in [1.165, 1.54) is 41.3 Å². The number of amides is 3. The van der Waals surface area contributed by atoms with Crippen molar-refractivity contribution in [2.75, 3.05) is 4.90 Å². The second-order valence-corrected chi connectivity index (χ2v) is 5.92. The van der Waals surface area contributed by atoms with Gasteiger partial charge in [0.05, 0.1) is 6.54 Å². The molecule has 0 N–H and O–H groups in total. The molecule has 1 aliphatic heterocycles. The lowest BCUT2D eigenvalue weighted by molar-refractivity contribution is -0.274. The highest BCUT2D eigenvalue weighted by Gasteiger charge is 2.43. The number of ether oxygens (including phenoxy) is 1. The Balaban J connectivity index is 1.76. The molecule has 9 heteroatoms. The van der Waals surface area contributed by atoms with E-state index in [-0.39, 0.29) is 6.54 Å². The molecular weight excluding hydrogens is 368 g/mol. The van der Waals surface area contributed by atoms with Crippen molar-refractivity contribution >= 4 is 17.6 Å². The van der Waals surface area contributed by atoms with Crippen molar-refractivity contribution in [2.45, 2.75) is 25.9 Å². The van der Waals surface area contributed by atoms with Gasteiger partial charge >= 0.3 is 12.4 Å². The Hall–Kier alpha value is -3.10. The molecule has 1 aliphatic rings. The third-order valence-corrected chi connectivity index (χ3v) is 4.05. The van der Waals surface area contributed by atoms with E-state index in [0.29, 0.717) is 11.3 Å². The number of carbonyl (C=O) groups excluding carboxylic acids is 2. The number of urea groups is 1. The molecule has 1 atom stereocenters. The Kier molecular flexibility index (Phi) is 4.77. The predicted molar refractivity (Wildman–Crippen MR) is 87.4 cm³/mol. The average molecular weight is 382 g/mol. The number of halogens is 4. The van der Waals surface area contributed by atoms with E-state index in [0.717, 1.165) is 17.0 Å². The maximum absolute atomic E-state index is 13.1. The van der Waals surface area contributed by atoms with Gasteiger partial charge in [-0.05, 0) is 48.9 Å². The van der Waals surface area contributed by atoms with Gasteiger partial charge in [0.25, 0.3) is 5.91 Å². The molecule has 0 saturated carbocycles. The summed E-state index contributed by atoms with van der Waals surface area (Å²) in [5, 5.41) is 0. The SMILES string of the molecule is C[C@H]1C(=O)N(Cc2ccc(OC(F)(F)F)cc2)C(=O)N1c1ccc(F)cc1. The molecule has 2 aromatic rings. The molecule has 142 valence electrons. The fourth-order valence-electron chi connectivity index (χ4n) is 2.79. The predicted octanol–water partition coefficient (Wildman–Crippen LogP) is 4.08. The minimum atomic E-state index is -4.80. The summed E-state index contributed by atoms with van der Waals surface area (Å²) >= 11 is 0. The molecule has 27 heavy (non-hydrogen) atoms. The first-order chi connectivity index (χ1) is 12.7. The molecule has 3 amide bonds. The van der Waals surface area contributed by atoms with Crippen LogP contribution in [0.2, 0.25) is 0 Å². The number of nitrogens with zero attached hydrogens (tertiary/aromatic N) is 2. The molecule has 0 aromatic heterocycles. The molecule has 2 aromatic carbocycles. The van der Waals surface area contributed by atoms with Gasteiger partial charge in [-0.25, -0.2) is 9.18 Å². The number of carbonyl (C=O) groups is 2. The van der Waals surface area contributed by atoms with Crippen molar-refractivity contribution < 1.29 is 31.9 Å². The maximum Gasteiger partial charge on any atom is 0.573 e. The van der Waals surface area contributed by atoms with Crippen LogP contribution in [-0.4, -0.2) is 29.2 Å². The average Bonchev–Trinajstić information content (AvgIpc) is 2.80. The van der Waals surface area contributed by atoms with E-state index in [1.54, 1.807) is 6.92 Å². The normalized spacial score (nSPS) is 17.6. The lowest BCUT2D eigenvalue weighted by atomic mass is 10.2. The third kappa shape index (κ3) is 4.02. The number of benzene rings is 2. The second kappa shape index (κ2) is 6.90. The molecule has 5 nitrogen and oxygen atoms in total. The molecule has 0 unspecified atom stereocenters. The zero-order chi connectivity index (χ0) is 19.8. The van der Waals surface area contributed by atoms with Gasteiger partial charge in [0, 0.05) is 5.69 Å². The minimum Gasteiger partial charge on any atom is -0.406 e. The number of anilines is 1. The Morgan fingerprint density at radius 3 is 2.15 bits per heavy atom. The minimum absolute atomic E-state index is 0.105. The number of hydrogen-bond donors (Lipinski definition) is 0. The van der Waals surface area contributed by atoms with Crippen LogP contribution in [0.3, 0.4) is 0 Å². The molecule has 0 spiro atoms. The molecule has 1 saturated heterocycles. The third-order valence-electron chi connectivity index (χ3n) is 4.05. The van der Waals surface area contributed by atoms with Gasteiger partial charge in [0.15, 0.2) is 0 Å². The van der Waals surface area contributed by atoms with Gasteiger partial charge in [-0.3, -0.25) is 14.6 Å². The molecule has 1 fully saturated rings. The molecule has 3 rings (SSSR count). The number of alkyl halides is 3. The van der Waals surface area contributed by atoms with Crippen LogP contribution in [0.5, 0.6) is 5.75 Å². The number of hydrogen-bond acceptors (Lipinski definition) is 3. The van der Waals surface area contributed by atoms with Crippen LogP contribution in [0.25, 0.3) is 0 Å². The molecule has 0 aliphatic carbocycles. The summed E-state index contributed by atoms with van der Waals surface area (Å²) in [7, 11) is 0. The van der Waals surface area contributed by atoms with Crippen LogP contribution in [0.4, 0.5) is 28.0 Å². The summed E-state index contributed by atoms with van der Waals surface area (Å²) in [4.78, 5) is 27.3. The highest BCUT2D eigenvalue weighted by molar-refractivity contribution is 6.13. The zero-order valence-electron chi connectivity index (χ0n) is 14.0. The second-order valence-electron chi connectivity index (χ2n) is 5.92. The maximum atomic E-state index is 13.1. The van der Waals surface area contributed by atoms with Crippen molar-refractivity contribution in [3.8, 4) is 5.75 Å². The highest BCUT2D eigenvalue weighted by Crippen LogP contribution is 2.28. The topological polar surface area (TPSA) is 49.9 Å². The number of imide groups is 1. The summed E-state index contributed by atoms with van der Waals surface area (Å²) in [6.07, 6.45) is -4.80. The van der Waals surface area contributed by atoms with E-state index in [9.17, 15) is 27.2 Å². The first-order valence-corrected chi connectivity index (χ1v) is 7.90. The van der Waals surface area contributed by atoms with Gasteiger partial charge in [-0.2, -0.15) is 0 Å². The summed E-state index contributed by atoms with van der Waals surface area (Å²) in [5.74, 6) is -1.33. The van der Waals surface area contributed by atoms with Crippen LogP contribution in [0.1, 0.15) is 12.5 Å². The van der Waals surface area contributed by atoms with Gasteiger partial charge < -0.3 is 4.74 Å². The Bertz CT molecular complexity index is 850. The van der Waals surface area contributed by atoms with Crippen molar-refractivity contribution in [2.24, 2.45) is 0 Å². The standard InChI is InChI=1S/C18H14F4N2O3/c1-11-16(25)23(17(26)24(11)14-6-4-13(19)5-7-14)10-12-2-8-15(9-3-12)27-18(20,21)22/h2-9,11H,10H2,1H3/t11-/m0/s1. The lowest BCUT2D eigenvalue weighted by Gasteiger charge is -2.19. The van der Waals surface area contributed by atoms with E-state index >= 15 is 0 Å². The van der Waals surface area contributed by atoms with E-state index < -0.39 is 35.9 Å². The first-order valence-electron chi connectivity index (χ1n) is 7.90. The quantitative estimate of drug-likeness (QED) is 0.591. The fraction of sp³-hybridized carbons (Fsp3) is 0.222. The van der Waals surface area contributed by atoms with Gasteiger partial charge in [-0.1, -0.05) is 12.1 Å². The van der Waals surface area contributed by atoms with Gasteiger partial charge in [0.2, 0.25) is 0 Å².